The number of aryl methyl sites for hydroxylation is 1. The van der Waals surface area contributed by atoms with E-state index in [0.717, 1.165) is 11.0 Å². The van der Waals surface area contributed by atoms with Crippen LogP contribution in [-0.2, 0) is 6.54 Å². The van der Waals surface area contributed by atoms with Gasteiger partial charge in [0, 0.05) is 27.6 Å². The van der Waals surface area contributed by atoms with E-state index >= 15 is 0 Å². The van der Waals surface area contributed by atoms with Gasteiger partial charge in [0.2, 0.25) is 0 Å². The molecular formula is C16H14BrN. The summed E-state index contributed by atoms with van der Waals surface area (Å²) in [6.07, 6.45) is 0. The van der Waals surface area contributed by atoms with E-state index in [9.17, 15) is 0 Å². The van der Waals surface area contributed by atoms with Crippen molar-refractivity contribution in [1.82, 2.24) is 4.57 Å². The highest BCUT2D eigenvalue weighted by Crippen LogP contribution is 2.24. The van der Waals surface area contributed by atoms with Crippen molar-refractivity contribution < 1.29 is 0 Å². The van der Waals surface area contributed by atoms with Crippen molar-refractivity contribution in [1.29, 1.82) is 0 Å². The quantitative estimate of drug-likeness (QED) is 0.643. The van der Waals surface area contributed by atoms with Gasteiger partial charge in [-0.1, -0.05) is 46.3 Å². The molecule has 0 spiro atoms. The molecule has 1 heterocycles. The fraction of sp³-hybridized carbons (Fsp3) is 0.125. The van der Waals surface area contributed by atoms with Crippen LogP contribution in [0.1, 0.15) is 11.3 Å². The summed E-state index contributed by atoms with van der Waals surface area (Å²) < 4.78 is 3.49. The zero-order valence-electron chi connectivity index (χ0n) is 10.2. The first-order chi connectivity index (χ1) is 8.74. The number of hydrogen-bond donors (Lipinski definition) is 0. The van der Waals surface area contributed by atoms with Gasteiger partial charge in [-0.25, -0.2) is 0 Å². The van der Waals surface area contributed by atoms with Gasteiger partial charge in [-0.05, 0) is 36.8 Å². The standard InChI is InChI=1S/C16H14BrN/c1-12-9-14-10-15(17)7-8-16(14)18(12)11-13-5-3-2-4-6-13/h2-10H,11H2,1H3. The molecule has 3 rings (SSSR count). The highest BCUT2D eigenvalue weighted by Gasteiger charge is 2.06. The molecule has 0 N–H and O–H groups in total. The van der Waals surface area contributed by atoms with Crippen molar-refractivity contribution >= 4 is 26.8 Å². The number of nitrogens with zero attached hydrogens (tertiary/aromatic N) is 1. The number of aromatic nitrogens is 1. The molecule has 0 fully saturated rings. The second-order valence-electron chi connectivity index (χ2n) is 4.56. The van der Waals surface area contributed by atoms with Gasteiger partial charge in [0.05, 0.1) is 0 Å². The highest BCUT2D eigenvalue weighted by atomic mass is 79.9. The summed E-state index contributed by atoms with van der Waals surface area (Å²) in [5.74, 6) is 0. The van der Waals surface area contributed by atoms with E-state index < -0.39 is 0 Å². The summed E-state index contributed by atoms with van der Waals surface area (Å²) in [4.78, 5) is 0. The third-order valence-corrected chi connectivity index (χ3v) is 3.75. The molecule has 0 aliphatic heterocycles. The van der Waals surface area contributed by atoms with Crippen molar-refractivity contribution in [2.75, 3.05) is 0 Å². The van der Waals surface area contributed by atoms with Crippen molar-refractivity contribution in [2.45, 2.75) is 13.5 Å². The van der Waals surface area contributed by atoms with Crippen LogP contribution in [0.3, 0.4) is 0 Å². The second kappa shape index (κ2) is 4.62. The number of benzene rings is 2. The molecule has 0 aliphatic rings. The van der Waals surface area contributed by atoms with Crippen molar-refractivity contribution in [3.63, 3.8) is 0 Å². The second-order valence-corrected chi connectivity index (χ2v) is 5.48. The molecule has 0 saturated carbocycles. The van der Waals surface area contributed by atoms with Gasteiger partial charge in [-0.3, -0.25) is 0 Å². The Bertz CT molecular complexity index is 683. The van der Waals surface area contributed by atoms with Crippen LogP contribution in [0.5, 0.6) is 0 Å². The lowest BCUT2D eigenvalue weighted by Gasteiger charge is -2.08. The molecule has 1 aromatic heterocycles. The normalized spacial score (nSPS) is 11.0. The fourth-order valence-electron chi connectivity index (χ4n) is 2.36. The molecule has 1 nitrogen and oxygen atoms in total. The zero-order chi connectivity index (χ0) is 12.5. The van der Waals surface area contributed by atoms with Gasteiger partial charge in [0.25, 0.3) is 0 Å². The number of halogens is 1. The van der Waals surface area contributed by atoms with Gasteiger partial charge in [-0.15, -0.1) is 0 Å². The predicted molar refractivity (Wildman–Crippen MR) is 79.9 cm³/mol. The monoisotopic (exact) mass is 299 g/mol. The lowest BCUT2D eigenvalue weighted by molar-refractivity contribution is 0.805. The molecule has 0 bridgehead atoms. The van der Waals surface area contributed by atoms with Crippen LogP contribution in [0.25, 0.3) is 10.9 Å². The van der Waals surface area contributed by atoms with Crippen LogP contribution in [0.2, 0.25) is 0 Å². The molecule has 90 valence electrons. The molecule has 0 amide bonds. The molecule has 0 radical (unpaired) electrons. The fourth-order valence-corrected chi connectivity index (χ4v) is 2.73. The third kappa shape index (κ3) is 2.08. The maximum absolute atomic E-state index is 3.52. The molecular weight excluding hydrogens is 286 g/mol. The van der Waals surface area contributed by atoms with E-state index in [-0.39, 0.29) is 0 Å². The molecule has 0 atom stereocenters. The summed E-state index contributed by atoms with van der Waals surface area (Å²) in [7, 11) is 0. The van der Waals surface area contributed by atoms with E-state index in [2.05, 4.69) is 82.0 Å². The van der Waals surface area contributed by atoms with Crippen LogP contribution in [0.15, 0.2) is 59.1 Å². The van der Waals surface area contributed by atoms with Crippen molar-refractivity contribution in [3.8, 4) is 0 Å². The van der Waals surface area contributed by atoms with Crippen LogP contribution >= 0.6 is 15.9 Å². The Labute approximate surface area is 115 Å². The Morgan fingerprint density at radius 3 is 2.56 bits per heavy atom. The van der Waals surface area contributed by atoms with Gasteiger partial charge in [0.15, 0.2) is 0 Å². The first kappa shape index (κ1) is 11.5. The van der Waals surface area contributed by atoms with E-state index in [1.807, 2.05) is 0 Å². The van der Waals surface area contributed by atoms with E-state index in [0.29, 0.717) is 0 Å². The Morgan fingerprint density at radius 1 is 1.00 bits per heavy atom. The predicted octanol–water partition coefficient (Wildman–Crippen LogP) is 4.76. The van der Waals surface area contributed by atoms with Crippen LogP contribution in [0.4, 0.5) is 0 Å². The van der Waals surface area contributed by atoms with E-state index in [1.54, 1.807) is 0 Å². The summed E-state index contributed by atoms with van der Waals surface area (Å²) in [6, 6.07) is 19.3. The Hall–Kier alpha value is -1.54. The topological polar surface area (TPSA) is 4.93 Å². The minimum atomic E-state index is 0.928. The van der Waals surface area contributed by atoms with Crippen molar-refractivity contribution in [3.05, 3.63) is 70.3 Å². The summed E-state index contributed by atoms with van der Waals surface area (Å²) in [5.41, 5.74) is 3.92. The van der Waals surface area contributed by atoms with Crippen LogP contribution in [0, 0.1) is 6.92 Å². The lowest BCUT2D eigenvalue weighted by atomic mass is 10.2. The number of rotatable bonds is 2. The Balaban J connectivity index is 2.09. The number of fused-ring (bicyclic) bond motifs is 1. The summed E-state index contributed by atoms with van der Waals surface area (Å²) in [5, 5.41) is 1.29. The number of hydrogen-bond acceptors (Lipinski definition) is 0. The maximum Gasteiger partial charge on any atom is 0.0486 e. The van der Waals surface area contributed by atoms with E-state index in [4.69, 9.17) is 0 Å². The lowest BCUT2D eigenvalue weighted by Crippen LogP contribution is -2.00. The molecule has 18 heavy (non-hydrogen) atoms. The van der Waals surface area contributed by atoms with E-state index in [1.165, 1.54) is 22.2 Å². The minimum Gasteiger partial charge on any atom is -0.340 e. The molecule has 3 aromatic rings. The zero-order valence-corrected chi connectivity index (χ0v) is 11.8. The Kier molecular flexibility index (Phi) is 2.96. The summed E-state index contributed by atoms with van der Waals surface area (Å²) >= 11 is 3.52. The van der Waals surface area contributed by atoms with Gasteiger partial charge >= 0.3 is 0 Å². The first-order valence-electron chi connectivity index (χ1n) is 6.03. The van der Waals surface area contributed by atoms with Gasteiger partial charge < -0.3 is 4.57 Å². The maximum atomic E-state index is 3.52. The molecule has 2 heteroatoms. The van der Waals surface area contributed by atoms with Crippen LogP contribution < -0.4 is 0 Å². The van der Waals surface area contributed by atoms with Crippen LogP contribution in [-0.4, -0.2) is 4.57 Å². The molecule has 0 aliphatic carbocycles. The first-order valence-corrected chi connectivity index (χ1v) is 6.83. The largest absolute Gasteiger partial charge is 0.340 e. The smallest absolute Gasteiger partial charge is 0.0486 e. The average Bonchev–Trinajstić information content (AvgIpc) is 2.66. The molecule has 0 unspecified atom stereocenters. The average molecular weight is 300 g/mol. The third-order valence-electron chi connectivity index (χ3n) is 3.25. The summed E-state index contributed by atoms with van der Waals surface area (Å²) in [6.45, 7) is 3.09. The van der Waals surface area contributed by atoms with Gasteiger partial charge in [0.1, 0.15) is 0 Å². The minimum absolute atomic E-state index is 0.928. The Morgan fingerprint density at radius 2 is 1.78 bits per heavy atom. The molecule has 0 saturated heterocycles. The SMILES string of the molecule is Cc1cc2cc(Br)ccc2n1Cc1ccccc1. The van der Waals surface area contributed by atoms with Gasteiger partial charge in [-0.2, -0.15) is 0 Å². The highest BCUT2D eigenvalue weighted by molar-refractivity contribution is 9.10. The molecule has 2 aromatic carbocycles. The van der Waals surface area contributed by atoms with Crippen molar-refractivity contribution in [2.24, 2.45) is 0 Å².